The van der Waals surface area contributed by atoms with E-state index in [9.17, 15) is 14.4 Å². The maximum atomic E-state index is 12.6. The molecule has 0 aliphatic rings. The lowest BCUT2D eigenvalue weighted by Gasteiger charge is -2.07. The number of nitrogens with zero attached hydrogens (tertiary/aromatic N) is 2. The number of aryl methyl sites for hydroxylation is 2. The largest absolute Gasteiger partial charge is 0.462 e. The highest BCUT2D eigenvalue weighted by Crippen LogP contribution is 2.34. The van der Waals surface area contributed by atoms with E-state index in [1.54, 1.807) is 34.0 Å². The van der Waals surface area contributed by atoms with E-state index in [1.165, 1.54) is 4.68 Å². The van der Waals surface area contributed by atoms with Crippen LogP contribution < -0.4 is 5.32 Å². The van der Waals surface area contributed by atoms with E-state index in [1.807, 2.05) is 6.92 Å². The number of anilines is 1. The molecule has 0 fully saturated rings. The van der Waals surface area contributed by atoms with Gasteiger partial charge >= 0.3 is 11.9 Å². The molecule has 0 saturated heterocycles. The van der Waals surface area contributed by atoms with Gasteiger partial charge in [-0.05, 0) is 32.8 Å². The van der Waals surface area contributed by atoms with E-state index >= 15 is 0 Å². The molecular formula is C18H23N3O5S. The van der Waals surface area contributed by atoms with Crippen LogP contribution in [0.2, 0.25) is 0 Å². The van der Waals surface area contributed by atoms with Crippen molar-refractivity contribution >= 4 is 34.2 Å². The third-order valence-electron chi connectivity index (χ3n) is 3.73. The van der Waals surface area contributed by atoms with Gasteiger partial charge in [-0.2, -0.15) is 5.10 Å². The Bertz CT molecular complexity index is 869. The van der Waals surface area contributed by atoms with Crippen LogP contribution in [0.3, 0.4) is 0 Å². The maximum absolute atomic E-state index is 12.6. The zero-order valence-corrected chi connectivity index (χ0v) is 16.9. The zero-order valence-electron chi connectivity index (χ0n) is 16.0. The molecule has 0 spiro atoms. The van der Waals surface area contributed by atoms with Gasteiger partial charge < -0.3 is 14.8 Å². The molecule has 1 N–H and O–H groups in total. The Hall–Kier alpha value is -2.68. The molecule has 0 radical (unpaired) electrons. The highest BCUT2D eigenvalue weighted by molar-refractivity contribution is 7.18. The minimum Gasteiger partial charge on any atom is -0.462 e. The van der Waals surface area contributed by atoms with E-state index in [0.717, 1.165) is 11.3 Å². The lowest BCUT2D eigenvalue weighted by molar-refractivity contribution is 0.0506. The van der Waals surface area contributed by atoms with Crippen molar-refractivity contribution in [2.45, 2.75) is 34.1 Å². The second-order valence-electron chi connectivity index (χ2n) is 5.87. The third kappa shape index (κ3) is 4.54. The molecule has 1 amide bonds. The van der Waals surface area contributed by atoms with Gasteiger partial charge in [-0.3, -0.25) is 9.48 Å². The van der Waals surface area contributed by atoms with Gasteiger partial charge in [0, 0.05) is 13.2 Å². The quantitative estimate of drug-likeness (QED) is 0.726. The number of nitrogens with one attached hydrogen (secondary N) is 1. The molecule has 2 rings (SSSR count). The average molecular weight is 393 g/mol. The number of hydrogen-bond acceptors (Lipinski definition) is 7. The number of aromatic nitrogens is 2. The molecule has 8 nitrogen and oxygen atoms in total. The molecule has 2 aromatic heterocycles. The number of carbonyl (C=O) groups excluding carboxylic acids is 3. The summed E-state index contributed by atoms with van der Waals surface area (Å²) in [5.74, 6) is -1.54. The Morgan fingerprint density at radius 2 is 1.89 bits per heavy atom. The molecule has 2 aromatic rings. The van der Waals surface area contributed by atoms with Crippen LogP contribution in [0.5, 0.6) is 0 Å². The highest BCUT2D eigenvalue weighted by Gasteiger charge is 2.28. The van der Waals surface area contributed by atoms with E-state index in [4.69, 9.17) is 9.47 Å². The van der Waals surface area contributed by atoms with Crippen molar-refractivity contribution < 1.29 is 23.9 Å². The summed E-state index contributed by atoms with van der Waals surface area (Å²) in [7, 11) is 1.71. The summed E-state index contributed by atoms with van der Waals surface area (Å²) >= 11 is 0.997. The number of thiophene rings is 1. The van der Waals surface area contributed by atoms with E-state index in [2.05, 4.69) is 10.4 Å². The van der Waals surface area contributed by atoms with Gasteiger partial charge in [0.05, 0.1) is 30.0 Å². The topological polar surface area (TPSA) is 99.5 Å². The fourth-order valence-corrected chi connectivity index (χ4v) is 3.58. The fraction of sp³-hybridized carbons (Fsp3) is 0.444. The van der Waals surface area contributed by atoms with Crippen LogP contribution in [0.25, 0.3) is 0 Å². The molecule has 2 heterocycles. The van der Waals surface area contributed by atoms with Gasteiger partial charge in [-0.15, -0.1) is 11.3 Å². The number of hydrogen-bond donors (Lipinski definition) is 1. The molecule has 146 valence electrons. The maximum Gasteiger partial charge on any atom is 0.348 e. The summed E-state index contributed by atoms with van der Waals surface area (Å²) in [6.45, 7) is 7.39. The first-order valence-corrected chi connectivity index (χ1v) is 9.40. The van der Waals surface area contributed by atoms with Crippen molar-refractivity contribution in [3.8, 4) is 0 Å². The van der Waals surface area contributed by atoms with Gasteiger partial charge in [-0.25, -0.2) is 9.59 Å². The molecule has 27 heavy (non-hydrogen) atoms. The highest BCUT2D eigenvalue weighted by atomic mass is 32.1. The zero-order chi connectivity index (χ0) is 20.1. The average Bonchev–Trinajstić information content (AvgIpc) is 3.11. The third-order valence-corrected chi connectivity index (χ3v) is 4.92. The predicted octanol–water partition coefficient (Wildman–Crippen LogP) is 3.09. The van der Waals surface area contributed by atoms with Gasteiger partial charge in [0.15, 0.2) is 0 Å². The first kappa shape index (κ1) is 20.6. The van der Waals surface area contributed by atoms with Gasteiger partial charge in [0.2, 0.25) is 0 Å². The lowest BCUT2D eigenvalue weighted by Crippen LogP contribution is -2.15. The van der Waals surface area contributed by atoms with Crippen LogP contribution in [0, 0.1) is 13.8 Å². The summed E-state index contributed by atoms with van der Waals surface area (Å²) in [4.78, 5) is 37.6. The monoisotopic (exact) mass is 393 g/mol. The number of esters is 2. The van der Waals surface area contributed by atoms with Crippen LogP contribution in [0.1, 0.15) is 61.9 Å². The normalized spacial score (nSPS) is 10.6. The van der Waals surface area contributed by atoms with Crippen molar-refractivity contribution in [1.29, 1.82) is 0 Å². The van der Waals surface area contributed by atoms with Crippen molar-refractivity contribution in [1.82, 2.24) is 9.78 Å². The van der Waals surface area contributed by atoms with Gasteiger partial charge in [0.1, 0.15) is 9.88 Å². The molecule has 0 aliphatic carbocycles. The van der Waals surface area contributed by atoms with Crippen molar-refractivity contribution in [3.63, 3.8) is 0 Å². The Morgan fingerprint density at radius 1 is 1.19 bits per heavy atom. The summed E-state index contributed by atoms with van der Waals surface area (Å²) < 4.78 is 11.8. The van der Waals surface area contributed by atoms with Crippen LogP contribution in [0.15, 0.2) is 6.20 Å². The Labute approximate surface area is 161 Å². The Kier molecular flexibility index (Phi) is 6.73. The number of rotatable bonds is 7. The Balaban J connectivity index is 2.41. The fourth-order valence-electron chi connectivity index (χ4n) is 2.50. The first-order chi connectivity index (χ1) is 12.8. The molecule has 0 saturated carbocycles. The van der Waals surface area contributed by atoms with Gasteiger partial charge in [0.25, 0.3) is 5.91 Å². The minimum absolute atomic E-state index is 0.173. The molecule has 9 heteroatoms. The summed E-state index contributed by atoms with van der Waals surface area (Å²) in [5, 5.41) is 7.11. The molecule has 0 aliphatic heterocycles. The summed E-state index contributed by atoms with van der Waals surface area (Å²) in [5.41, 5.74) is 1.54. The smallest absolute Gasteiger partial charge is 0.348 e. The van der Waals surface area contributed by atoms with Crippen molar-refractivity contribution in [2.24, 2.45) is 7.05 Å². The second kappa shape index (κ2) is 8.81. The number of ether oxygens (including phenoxy) is 2. The minimum atomic E-state index is -0.584. The van der Waals surface area contributed by atoms with E-state index < -0.39 is 17.8 Å². The van der Waals surface area contributed by atoms with Crippen molar-refractivity contribution in [2.75, 3.05) is 18.5 Å². The molecule has 0 aromatic carbocycles. The predicted molar refractivity (Wildman–Crippen MR) is 101 cm³/mol. The molecule has 0 atom stereocenters. The van der Waals surface area contributed by atoms with Crippen LogP contribution in [-0.2, 0) is 16.5 Å². The first-order valence-electron chi connectivity index (χ1n) is 8.59. The molecule has 0 unspecified atom stereocenters. The molecular weight excluding hydrogens is 370 g/mol. The lowest BCUT2D eigenvalue weighted by atomic mass is 10.1. The summed E-state index contributed by atoms with van der Waals surface area (Å²) in [6, 6.07) is 0. The standard InChI is InChI=1S/C18H23N3O5S/c1-6-8-26-17(23)13-10(3)14(18(24)25-7-2)27-16(13)19-15(22)12-9-21(5)20-11(12)4/h9H,6-8H2,1-5H3,(H,19,22). The Morgan fingerprint density at radius 3 is 2.44 bits per heavy atom. The molecule has 0 bridgehead atoms. The summed E-state index contributed by atoms with van der Waals surface area (Å²) in [6.07, 6.45) is 2.25. The van der Waals surface area contributed by atoms with Crippen LogP contribution in [-0.4, -0.2) is 40.8 Å². The second-order valence-corrected chi connectivity index (χ2v) is 6.89. The van der Waals surface area contributed by atoms with Crippen LogP contribution >= 0.6 is 11.3 Å². The number of carbonyl (C=O) groups is 3. The van der Waals surface area contributed by atoms with Crippen LogP contribution in [0.4, 0.5) is 5.00 Å². The van der Waals surface area contributed by atoms with Gasteiger partial charge in [-0.1, -0.05) is 6.92 Å². The number of amides is 1. The van der Waals surface area contributed by atoms with E-state index in [0.29, 0.717) is 23.2 Å². The van der Waals surface area contributed by atoms with E-state index in [-0.39, 0.29) is 28.7 Å². The SMILES string of the molecule is CCCOC(=O)c1c(NC(=O)c2cn(C)nc2C)sc(C(=O)OCC)c1C. The van der Waals surface area contributed by atoms with Crippen molar-refractivity contribution in [3.05, 3.63) is 33.5 Å².